The standard InChI is InChI=1S/C18H22N2O3/c1-20(2)10-11-22-17-12-15(8-9-16(17)19)18(21)23-13-14-6-4-3-5-7-14/h3-9,12H,10-11,13,19H2,1-2H3. The number of hydrogen-bond acceptors (Lipinski definition) is 5. The lowest BCUT2D eigenvalue weighted by Gasteiger charge is -2.13. The Labute approximate surface area is 136 Å². The fourth-order valence-electron chi connectivity index (χ4n) is 1.93. The predicted octanol–water partition coefficient (Wildman–Crippen LogP) is 2.57. The second-order valence-electron chi connectivity index (χ2n) is 5.47. The van der Waals surface area contributed by atoms with Gasteiger partial charge in [0.05, 0.1) is 11.3 Å². The van der Waals surface area contributed by atoms with Crippen molar-refractivity contribution in [2.24, 2.45) is 0 Å². The molecule has 0 aromatic heterocycles. The number of carbonyl (C=O) groups is 1. The smallest absolute Gasteiger partial charge is 0.338 e. The van der Waals surface area contributed by atoms with E-state index in [1.807, 2.05) is 49.3 Å². The highest BCUT2D eigenvalue weighted by molar-refractivity contribution is 5.90. The van der Waals surface area contributed by atoms with Crippen LogP contribution in [-0.4, -0.2) is 38.1 Å². The molecule has 0 amide bonds. The van der Waals surface area contributed by atoms with Gasteiger partial charge in [0.25, 0.3) is 0 Å². The third kappa shape index (κ3) is 5.30. The minimum Gasteiger partial charge on any atom is -0.490 e. The van der Waals surface area contributed by atoms with Gasteiger partial charge < -0.3 is 20.1 Å². The van der Waals surface area contributed by atoms with Crippen LogP contribution in [0.15, 0.2) is 48.5 Å². The largest absolute Gasteiger partial charge is 0.490 e. The summed E-state index contributed by atoms with van der Waals surface area (Å²) in [5.74, 6) is 0.104. The van der Waals surface area contributed by atoms with Crippen LogP contribution in [0.5, 0.6) is 5.75 Å². The number of benzene rings is 2. The number of carbonyl (C=O) groups excluding carboxylic acids is 1. The highest BCUT2D eigenvalue weighted by atomic mass is 16.5. The Bertz CT molecular complexity index is 642. The highest BCUT2D eigenvalue weighted by Crippen LogP contribution is 2.23. The number of anilines is 1. The lowest BCUT2D eigenvalue weighted by Crippen LogP contribution is -2.19. The maximum Gasteiger partial charge on any atom is 0.338 e. The van der Waals surface area contributed by atoms with Crippen LogP contribution in [0.25, 0.3) is 0 Å². The van der Waals surface area contributed by atoms with Crippen molar-refractivity contribution in [2.45, 2.75) is 6.61 Å². The molecule has 0 heterocycles. The van der Waals surface area contributed by atoms with E-state index < -0.39 is 5.97 Å². The molecule has 0 fully saturated rings. The van der Waals surface area contributed by atoms with Gasteiger partial charge in [-0.25, -0.2) is 4.79 Å². The Morgan fingerprint density at radius 2 is 1.87 bits per heavy atom. The van der Waals surface area contributed by atoms with Crippen molar-refractivity contribution >= 4 is 11.7 Å². The second kappa shape index (κ2) is 8.19. The number of ether oxygens (including phenoxy) is 2. The van der Waals surface area contributed by atoms with Gasteiger partial charge in [-0.05, 0) is 37.9 Å². The molecule has 0 unspecified atom stereocenters. The Morgan fingerprint density at radius 3 is 2.57 bits per heavy atom. The van der Waals surface area contributed by atoms with Gasteiger partial charge in [0.2, 0.25) is 0 Å². The van der Waals surface area contributed by atoms with E-state index in [0.717, 1.165) is 12.1 Å². The normalized spacial score (nSPS) is 10.6. The van der Waals surface area contributed by atoms with Crippen LogP contribution in [0.3, 0.4) is 0 Å². The fourth-order valence-corrected chi connectivity index (χ4v) is 1.93. The monoisotopic (exact) mass is 314 g/mol. The first-order valence-corrected chi connectivity index (χ1v) is 7.44. The van der Waals surface area contributed by atoms with E-state index >= 15 is 0 Å². The zero-order chi connectivity index (χ0) is 16.7. The predicted molar refractivity (Wildman–Crippen MR) is 90.5 cm³/mol. The van der Waals surface area contributed by atoms with Crippen molar-refractivity contribution in [1.82, 2.24) is 4.90 Å². The number of nitrogen functional groups attached to an aromatic ring is 1. The average Bonchev–Trinajstić information content (AvgIpc) is 2.55. The third-order valence-electron chi connectivity index (χ3n) is 3.26. The first kappa shape index (κ1) is 16.8. The molecule has 122 valence electrons. The first-order valence-electron chi connectivity index (χ1n) is 7.44. The molecule has 0 aliphatic carbocycles. The summed E-state index contributed by atoms with van der Waals surface area (Å²) in [5, 5.41) is 0. The molecule has 23 heavy (non-hydrogen) atoms. The van der Waals surface area contributed by atoms with Crippen LogP contribution < -0.4 is 10.5 Å². The molecule has 0 saturated carbocycles. The van der Waals surface area contributed by atoms with Crippen molar-refractivity contribution in [3.8, 4) is 5.75 Å². The van der Waals surface area contributed by atoms with Crippen LogP contribution in [0.2, 0.25) is 0 Å². The van der Waals surface area contributed by atoms with E-state index in [1.165, 1.54) is 0 Å². The van der Waals surface area contributed by atoms with Crippen LogP contribution >= 0.6 is 0 Å². The quantitative estimate of drug-likeness (QED) is 0.628. The molecule has 5 heteroatoms. The number of nitrogens with two attached hydrogens (primary N) is 1. The Balaban J connectivity index is 1.97. The molecular formula is C18H22N2O3. The van der Waals surface area contributed by atoms with Gasteiger partial charge in [0.15, 0.2) is 0 Å². The van der Waals surface area contributed by atoms with E-state index in [9.17, 15) is 4.79 Å². The lowest BCUT2D eigenvalue weighted by molar-refractivity contribution is 0.0472. The Hall–Kier alpha value is -2.53. The van der Waals surface area contributed by atoms with Gasteiger partial charge in [-0.15, -0.1) is 0 Å². The summed E-state index contributed by atoms with van der Waals surface area (Å²) >= 11 is 0. The molecule has 5 nitrogen and oxygen atoms in total. The summed E-state index contributed by atoms with van der Waals surface area (Å²) in [4.78, 5) is 14.1. The van der Waals surface area contributed by atoms with Gasteiger partial charge in [-0.3, -0.25) is 0 Å². The van der Waals surface area contributed by atoms with Crippen LogP contribution in [0.4, 0.5) is 5.69 Å². The van der Waals surface area contributed by atoms with Gasteiger partial charge in [-0.1, -0.05) is 30.3 Å². The third-order valence-corrected chi connectivity index (χ3v) is 3.26. The van der Waals surface area contributed by atoms with Gasteiger partial charge in [0, 0.05) is 6.54 Å². The van der Waals surface area contributed by atoms with Crippen molar-refractivity contribution in [3.05, 3.63) is 59.7 Å². The Kier molecular flexibility index (Phi) is 6.00. The molecule has 2 N–H and O–H groups in total. The number of hydrogen-bond donors (Lipinski definition) is 1. The zero-order valence-electron chi connectivity index (χ0n) is 13.5. The maximum atomic E-state index is 12.1. The van der Waals surface area contributed by atoms with Crippen molar-refractivity contribution in [1.29, 1.82) is 0 Å². The molecule has 0 bridgehead atoms. The molecular weight excluding hydrogens is 292 g/mol. The molecule has 0 aliphatic heterocycles. The van der Waals surface area contributed by atoms with E-state index in [0.29, 0.717) is 23.6 Å². The number of nitrogens with zero attached hydrogens (tertiary/aromatic N) is 1. The maximum absolute atomic E-state index is 12.1. The molecule has 2 rings (SSSR count). The SMILES string of the molecule is CN(C)CCOc1cc(C(=O)OCc2ccccc2)ccc1N. The summed E-state index contributed by atoms with van der Waals surface area (Å²) in [5.41, 5.74) is 7.75. The van der Waals surface area contributed by atoms with Crippen LogP contribution in [0, 0.1) is 0 Å². The lowest BCUT2D eigenvalue weighted by atomic mass is 10.2. The fraction of sp³-hybridized carbons (Fsp3) is 0.278. The van der Waals surface area contributed by atoms with Gasteiger partial charge in [0.1, 0.15) is 19.0 Å². The summed E-state index contributed by atoms with van der Waals surface area (Å²) in [6, 6.07) is 14.5. The average molecular weight is 314 g/mol. The first-order chi connectivity index (χ1) is 11.1. The molecule has 0 atom stereocenters. The molecule has 0 spiro atoms. The van der Waals surface area contributed by atoms with Gasteiger partial charge >= 0.3 is 5.97 Å². The molecule has 0 radical (unpaired) electrons. The van der Waals surface area contributed by atoms with Crippen molar-refractivity contribution in [3.63, 3.8) is 0 Å². The summed E-state index contributed by atoms with van der Waals surface area (Å²) in [6.45, 7) is 1.50. The van der Waals surface area contributed by atoms with E-state index in [2.05, 4.69) is 0 Å². The van der Waals surface area contributed by atoms with E-state index in [4.69, 9.17) is 15.2 Å². The van der Waals surface area contributed by atoms with E-state index in [-0.39, 0.29) is 6.61 Å². The summed E-state index contributed by atoms with van der Waals surface area (Å²) in [6.07, 6.45) is 0. The zero-order valence-corrected chi connectivity index (χ0v) is 13.5. The number of rotatable bonds is 7. The van der Waals surface area contributed by atoms with E-state index in [1.54, 1.807) is 18.2 Å². The minimum absolute atomic E-state index is 0.237. The van der Waals surface area contributed by atoms with Crippen molar-refractivity contribution in [2.75, 3.05) is 33.0 Å². The van der Waals surface area contributed by atoms with Crippen molar-refractivity contribution < 1.29 is 14.3 Å². The number of likely N-dealkylation sites (N-methyl/N-ethyl adjacent to an activating group) is 1. The second-order valence-corrected chi connectivity index (χ2v) is 5.47. The Morgan fingerprint density at radius 1 is 1.13 bits per heavy atom. The summed E-state index contributed by atoms with van der Waals surface area (Å²) < 4.78 is 10.9. The molecule has 0 saturated heterocycles. The van der Waals surface area contributed by atoms with Crippen LogP contribution in [-0.2, 0) is 11.3 Å². The molecule has 0 aliphatic rings. The highest BCUT2D eigenvalue weighted by Gasteiger charge is 2.11. The number of esters is 1. The molecule has 2 aromatic carbocycles. The topological polar surface area (TPSA) is 64.8 Å². The van der Waals surface area contributed by atoms with Gasteiger partial charge in [-0.2, -0.15) is 0 Å². The molecule has 2 aromatic rings. The van der Waals surface area contributed by atoms with Crippen LogP contribution in [0.1, 0.15) is 15.9 Å². The summed E-state index contributed by atoms with van der Waals surface area (Å²) in [7, 11) is 3.92. The minimum atomic E-state index is -0.397.